The van der Waals surface area contributed by atoms with Crippen molar-refractivity contribution in [1.29, 1.82) is 0 Å². The van der Waals surface area contributed by atoms with Crippen LogP contribution in [0.2, 0.25) is 0 Å². The second-order valence-electron chi connectivity index (χ2n) is 4.95. The van der Waals surface area contributed by atoms with Crippen LogP contribution in [-0.2, 0) is 14.8 Å². The molecule has 0 aliphatic carbocycles. The number of rotatable bonds is 7. The van der Waals surface area contributed by atoms with Gasteiger partial charge in [0, 0.05) is 18.2 Å². The molecule has 1 aromatic rings. The molecule has 0 bridgehead atoms. The lowest BCUT2D eigenvalue weighted by molar-refractivity contribution is -0.116. The average molecular weight is 298 g/mol. The minimum Gasteiger partial charge on any atom is -0.326 e. The van der Waals surface area contributed by atoms with E-state index >= 15 is 0 Å². The number of hydrogen-bond donors (Lipinski definition) is 2. The van der Waals surface area contributed by atoms with E-state index in [-0.39, 0.29) is 16.8 Å². The number of amides is 1. The fraction of sp³-hybridized carbons (Fsp3) is 0.500. The number of nitrogens with one attached hydrogen (secondary N) is 2. The third-order valence-electron chi connectivity index (χ3n) is 2.60. The second kappa shape index (κ2) is 7.40. The summed E-state index contributed by atoms with van der Waals surface area (Å²) in [5.74, 6) is -0.0530. The SMILES string of the molecule is CCCCC(=O)Nc1ccc(S(=O)(=O)NC(C)C)cc1. The Morgan fingerprint density at radius 3 is 2.30 bits per heavy atom. The van der Waals surface area contributed by atoms with E-state index in [9.17, 15) is 13.2 Å². The first kappa shape index (κ1) is 16.7. The van der Waals surface area contributed by atoms with Gasteiger partial charge in [-0.25, -0.2) is 13.1 Å². The summed E-state index contributed by atoms with van der Waals surface area (Å²) in [6, 6.07) is 6.01. The molecule has 0 atom stereocenters. The van der Waals surface area contributed by atoms with Crippen molar-refractivity contribution in [2.45, 2.75) is 51.0 Å². The summed E-state index contributed by atoms with van der Waals surface area (Å²) in [7, 11) is -3.48. The van der Waals surface area contributed by atoms with Gasteiger partial charge in [-0.2, -0.15) is 0 Å². The highest BCUT2D eigenvalue weighted by molar-refractivity contribution is 7.89. The number of benzene rings is 1. The number of sulfonamides is 1. The van der Waals surface area contributed by atoms with E-state index in [1.165, 1.54) is 12.1 Å². The van der Waals surface area contributed by atoms with Gasteiger partial charge in [0.25, 0.3) is 0 Å². The second-order valence-corrected chi connectivity index (χ2v) is 6.67. The maximum Gasteiger partial charge on any atom is 0.240 e. The van der Waals surface area contributed by atoms with E-state index < -0.39 is 10.0 Å². The van der Waals surface area contributed by atoms with Crippen LogP contribution in [0.25, 0.3) is 0 Å². The maximum atomic E-state index is 11.9. The zero-order chi connectivity index (χ0) is 15.2. The molecular weight excluding hydrogens is 276 g/mol. The zero-order valence-electron chi connectivity index (χ0n) is 12.1. The Hall–Kier alpha value is -1.40. The first-order valence-electron chi connectivity index (χ1n) is 6.77. The lowest BCUT2D eigenvalue weighted by atomic mass is 10.2. The normalized spacial score (nSPS) is 11.6. The van der Waals surface area contributed by atoms with Crippen LogP contribution in [0.4, 0.5) is 5.69 Å². The average Bonchev–Trinajstić information content (AvgIpc) is 2.35. The van der Waals surface area contributed by atoms with Gasteiger partial charge in [0.2, 0.25) is 15.9 Å². The topological polar surface area (TPSA) is 75.3 Å². The van der Waals surface area contributed by atoms with Crippen LogP contribution >= 0.6 is 0 Å². The standard InChI is InChI=1S/C14H22N2O3S/c1-4-5-6-14(17)15-12-7-9-13(10-8-12)20(18,19)16-11(2)3/h7-11,16H,4-6H2,1-3H3,(H,15,17). The van der Waals surface area contributed by atoms with Crippen LogP contribution in [0, 0.1) is 0 Å². The monoisotopic (exact) mass is 298 g/mol. The number of anilines is 1. The summed E-state index contributed by atoms with van der Waals surface area (Å²) in [6.07, 6.45) is 2.29. The van der Waals surface area contributed by atoms with Gasteiger partial charge in [-0.3, -0.25) is 4.79 Å². The van der Waals surface area contributed by atoms with Crippen LogP contribution < -0.4 is 10.0 Å². The third-order valence-corrected chi connectivity index (χ3v) is 4.27. The molecule has 1 amide bonds. The Bertz CT molecular complexity index is 536. The highest BCUT2D eigenvalue weighted by Crippen LogP contribution is 2.14. The van der Waals surface area contributed by atoms with Crippen molar-refractivity contribution in [3.05, 3.63) is 24.3 Å². The summed E-state index contributed by atoms with van der Waals surface area (Å²) < 4.78 is 26.3. The van der Waals surface area contributed by atoms with Crippen molar-refractivity contribution >= 4 is 21.6 Å². The molecule has 0 spiro atoms. The van der Waals surface area contributed by atoms with Crippen molar-refractivity contribution in [2.75, 3.05) is 5.32 Å². The summed E-state index contributed by atoms with van der Waals surface area (Å²) >= 11 is 0. The molecule has 0 heterocycles. The van der Waals surface area contributed by atoms with Gasteiger partial charge in [0.05, 0.1) is 4.90 Å². The Labute approximate surface area is 120 Å². The largest absolute Gasteiger partial charge is 0.326 e. The van der Waals surface area contributed by atoms with E-state index in [1.807, 2.05) is 6.92 Å². The summed E-state index contributed by atoms with van der Waals surface area (Å²) in [4.78, 5) is 11.7. The molecule has 0 saturated carbocycles. The van der Waals surface area contributed by atoms with Crippen LogP contribution in [-0.4, -0.2) is 20.4 Å². The van der Waals surface area contributed by atoms with Gasteiger partial charge < -0.3 is 5.32 Å². The van der Waals surface area contributed by atoms with Crippen LogP contribution in [0.1, 0.15) is 40.0 Å². The highest BCUT2D eigenvalue weighted by atomic mass is 32.2. The van der Waals surface area contributed by atoms with E-state index in [4.69, 9.17) is 0 Å². The van der Waals surface area contributed by atoms with Gasteiger partial charge >= 0.3 is 0 Å². The minimum atomic E-state index is -3.48. The van der Waals surface area contributed by atoms with Gasteiger partial charge in [-0.1, -0.05) is 13.3 Å². The van der Waals surface area contributed by atoms with Crippen LogP contribution in [0.3, 0.4) is 0 Å². The van der Waals surface area contributed by atoms with E-state index in [0.29, 0.717) is 12.1 Å². The summed E-state index contributed by atoms with van der Waals surface area (Å²) in [6.45, 7) is 5.55. The van der Waals surface area contributed by atoms with Crippen molar-refractivity contribution in [3.63, 3.8) is 0 Å². The zero-order valence-corrected chi connectivity index (χ0v) is 13.0. The van der Waals surface area contributed by atoms with Gasteiger partial charge in [0.1, 0.15) is 0 Å². The molecule has 112 valence electrons. The number of unbranched alkanes of at least 4 members (excludes halogenated alkanes) is 1. The molecule has 5 nitrogen and oxygen atoms in total. The molecule has 0 radical (unpaired) electrons. The first-order valence-corrected chi connectivity index (χ1v) is 8.25. The molecule has 2 N–H and O–H groups in total. The van der Waals surface area contributed by atoms with Gasteiger partial charge in [0.15, 0.2) is 0 Å². The Balaban J connectivity index is 2.72. The predicted molar refractivity (Wildman–Crippen MR) is 80.1 cm³/mol. The lowest BCUT2D eigenvalue weighted by Gasteiger charge is -2.10. The van der Waals surface area contributed by atoms with Crippen molar-refractivity contribution in [1.82, 2.24) is 4.72 Å². The Morgan fingerprint density at radius 1 is 1.20 bits per heavy atom. The molecular formula is C14H22N2O3S. The first-order chi connectivity index (χ1) is 9.35. The van der Waals surface area contributed by atoms with Crippen LogP contribution in [0.15, 0.2) is 29.2 Å². The molecule has 0 fully saturated rings. The fourth-order valence-corrected chi connectivity index (χ4v) is 2.91. The molecule has 0 aromatic heterocycles. The Kier molecular flexibility index (Phi) is 6.16. The van der Waals surface area contributed by atoms with E-state index in [1.54, 1.807) is 26.0 Å². The number of carbonyl (C=O) groups is 1. The van der Waals surface area contributed by atoms with Crippen molar-refractivity contribution < 1.29 is 13.2 Å². The van der Waals surface area contributed by atoms with Crippen LogP contribution in [0.5, 0.6) is 0 Å². The number of hydrogen-bond acceptors (Lipinski definition) is 3. The fourth-order valence-electron chi connectivity index (χ4n) is 1.66. The summed E-state index contributed by atoms with van der Waals surface area (Å²) in [5.41, 5.74) is 0.606. The van der Waals surface area contributed by atoms with Gasteiger partial charge in [-0.15, -0.1) is 0 Å². The molecule has 1 rings (SSSR count). The summed E-state index contributed by atoms with van der Waals surface area (Å²) in [5, 5.41) is 2.74. The van der Waals surface area contributed by atoms with E-state index in [2.05, 4.69) is 10.0 Å². The van der Waals surface area contributed by atoms with E-state index in [0.717, 1.165) is 12.8 Å². The molecule has 0 unspecified atom stereocenters. The van der Waals surface area contributed by atoms with Gasteiger partial charge in [-0.05, 0) is 44.5 Å². The quantitative estimate of drug-likeness (QED) is 0.812. The predicted octanol–water partition coefficient (Wildman–Crippen LogP) is 2.50. The molecule has 0 saturated heterocycles. The molecule has 0 aliphatic heterocycles. The Morgan fingerprint density at radius 2 is 1.80 bits per heavy atom. The molecule has 1 aromatic carbocycles. The third kappa shape index (κ3) is 5.30. The lowest BCUT2D eigenvalue weighted by Crippen LogP contribution is -2.30. The molecule has 6 heteroatoms. The molecule has 0 aliphatic rings. The smallest absolute Gasteiger partial charge is 0.240 e. The van der Waals surface area contributed by atoms with Crippen molar-refractivity contribution in [3.8, 4) is 0 Å². The highest BCUT2D eigenvalue weighted by Gasteiger charge is 2.15. The number of carbonyl (C=O) groups excluding carboxylic acids is 1. The maximum absolute atomic E-state index is 11.9. The minimum absolute atomic E-state index is 0.0530. The molecule has 20 heavy (non-hydrogen) atoms. The van der Waals surface area contributed by atoms with Crippen molar-refractivity contribution in [2.24, 2.45) is 0 Å².